The summed E-state index contributed by atoms with van der Waals surface area (Å²) in [7, 11) is 1.60. The molecule has 0 aliphatic rings. The zero-order valence-corrected chi connectivity index (χ0v) is 45.4. The zero-order chi connectivity index (χ0) is 54.5. The molecule has 0 unspecified atom stereocenters. The maximum absolute atomic E-state index is 14.5. The third kappa shape index (κ3) is 19.3. The van der Waals surface area contributed by atoms with Gasteiger partial charge in [-0.2, -0.15) is 0 Å². The van der Waals surface area contributed by atoms with Gasteiger partial charge in [-0.3, -0.25) is 19.8 Å². The molecular weight excluding hydrogens is 974 g/mol. The van der Waals surface area contributed by atoms with Gasteiger partial charge in [-0.05, 0) is 129 Å². The molecular formula is C58H76ClN7O9. The maximum Gasteiger partial charge on any atom is 0.407 e. The Balaban J connectivity index is 1.41. The second-order valence-electron chi connectivity index (χ2n) is 20.4. The van der Waals surface area contributed by atoms with Crippen LogP contribution in [-0.2, 0) is 35.3 Å². The number of rotatable bonds is 27. The van der Waals surface area contributed by atoms with Crippen LogP contribution in [0.4, 0.5) is 4.79 Å². The quantitative estimate of drug-likeness (QED) is 0.0114. The molecule has 404 valence electrons. The van der Waals surface area contributed by atoms with Gasteiger partial charge in [0.15, 0.2) is 12.6 Å². The highest BCUT2D eigenvalue weighted by Crippen LogP contribution is 2.45. The number of esters is 1. The maximum atomic E-state index is 14.5. The Bertz CT molecular complexity index is 2730. The molecule has 17 heteroatoms. The molecule has 0 saturated heterocycles. The van der Waals surface area contributed by atoms with Crippen molar-refractivity contribution in [3.05, 3.63) is 108 Å². The summed E-state index contributed by atoms with van der Waals surface area (Å²) in [5.74, 6) is -0.922. The van der Waals surface area contributed by atoms with Crippen molar-refractivity contribution in [2.75, 3.05) is 33.4 Å². The van der Waals surface area contributed by atoms with Crippen LogP contribution in [0.3, 0.4) is 0 Å². The van der Waals surface area contributed by atoms with E-state index in [9.17, 15) is 24.0 Å². The lowest BCUT2D eigenvalue weighted by Crippen LogP contribution is -2.56. The fraction of sp³-hybridized carbons (Fsp3) is 0.448. The first-order valence-electron chi connectivity index (χ1n) is 25.9. The third-order valence-corrected chi connectivity index (χ3v) is 12.3. The molecule has 0 bridgehead atoms. The van der Waals surface area contributed by atoms with Gasteiger partial charge in [0.05, 0.1) is 6.61 Å². The van der Waals surface area contributed by atoms with Crippen molar-refractivity contribution in [1.29, 1.82) is 5.41 Å². The molecule has 5 aromatic carbocycles. The first kappa shape index (κ1) is 58.8. The molecule has 5 rings (SSSR count). The summed E-state index contributed by atoms with van der Waals surface area (Å²) >= 11 is 6.16. The summed E-state index contributed by atoms with van der Waals surface area (Å²) in [6, 6.07) is 27.3. The zero-order valence-electron chi connectivity index (χ0n) is 44.7. The van der Waals surface area contributed by atoms with Crippen molar-refractivity contribution in [1.82, 2.24) is 31.9 Å². The fourth-order valence-corrected chi connectivity index (χ4v) is 8.49. The molecule has 0 aliphatic carbocycles. The highest BCUT2D eigenvalue weighted by Gasteiger charge is 2.31. The molecule has 4 amide bonds. The highest BCUT2D eigenvalue weighted by molar-refractivity contribution is 6.30. The van der Waals surface area contributed by atoms with Crippen molar-refractivity contribution in [2.24, 2.45) is 11.8 Å². The predicted molar refractivity (Wildman–Crippen MR) is 296 cm³/mol. The van der Waals surface area contributed by atoms with E-state index in [-0.39, 0.29) is 44.3 Å². The average Bonchev–Trinajstić information content (AvgIpc) is 3.36. The van der Waals surface area contributed by atoms with Gasteiger partial charge in [-0.25, -0.2) is 9.59 Å². The summed E-state index contributed by atoms with van der Waals surface area (Å²) in [5, 5.41) is 29.2. The van der Waals surface area contributed by atoms with Gasteiger partial charge in [0.2, 0.25) is 11.8 Å². The monoisotopic (exact) mass is 1050 g/mol. The van der Waals surface area contributed by atoms with E-state index >= 15 is 0 Å². The van der Waals surface area contributed by atoms with Gasteiger partial charge < -0.3 is 50.8 Å². The molecule has 75 heavy (non-hydrogen) atoms. The summed E-state index contributed by atoms with van der Waals surface area (Å²) in [6.45, 7) is 13.9. The molecule has 16 nitrogen and oxygen atoms in total. The van der Waals surface area contributed by atoms with E-state index in [1.807, 2.05) is 86.6 Å². The summed E-state index contributed by atoms with van der Waals surface area (Å²) in [4.78, 5) is 69.0. The van der Waals surface area contributed by atoms with Crippen molar-refractivity contribution >= 4 is 68.9 Å². The van der Waals surface area contributed by atoms with E-state index < -0.39 is 60.1 Å². The number of amides is 4. The van der Waals surface area contributed by atoms with Gasteiger partial charge in [-0.15, -0.1) is 0 Å². The Kier molecular flexibility index (Phi) is 22.8. The molecule has 0 aromatic heterocycles. The minimum atomic E-state index is -1.17. The molecule has 0 fully saturated rings. The molecule has 0 saturated carbocycles. The number of alkyl carbamates (subject to hydrolysis) is 1. The number of benzene rings is 5. The number of fused-ring (bicyclic) bond motifs is 2. The van der Waals surface area contributed by atoms with Gasteiger partial charge in [0.25, 0.3) is 5.91 Å². The van der Waals surface area contributed by atoms with E-state index in [1.165, 1.54) is 0 Å². The topological polar surface area (TPSA) is 218 Å². The number of carbonyl (C=O) groups excluding carboxylic acids is 5. The standard InChI is InChI=1S/C58H76ClN7O9/c1-37(2)29-32-72-48-27-25-40-18-9-11-21-43(40)51(48)52-44-22-12-10-19-41(44)26-28-49(52)73-36-50(67)64-45(23-13-14-30-63-57(71)75-58(5,6)7)53(68)65-46(24-16-31-62-56(60)61-8)54(69)66-47(33-38(3)4)55(70)74-35-39-17-15-20-42(59)34-39/h9-12,15,17-22,25-28,34,37-38,45-47H,13-14,16,23-24,29-33,35-36H2,1-8H3,(H,63,71)(H,64,67)(H,65,68)(H,66,69)(H3,60,61,62)/t45-,46-,47+/m1/s1. The molecule has 0 spiro atoms. The second-order valence-corrected chi connectivity index (χ2v) is 20.8. The van der Waals surface area contributed by atoms with Crippen molar-refractivity contribution < 1.29 is 42.9 Å². The van der Waals surface area contributed by atoms with Crippen LogP contribution in [0.15, 0.2) is 97.1 Å². The molecule has 7 N–H and O–H groups in total. The number of unbranched alkanes of at least 4 members (excludes halogenated alkanes) is 1. The van der Waals surface area contributed by atoms with Gasteiger partial charge in [-0.1, -0.05) is 112 Å². The van der Waals surface area contributed by atoms with Crippen LogP contribution in [0.1, 0.15) is 99.0 Å². The first-order chi connectivity index (χ1) is 35.8. The van der Waals surface area contributed by atoms with Crippen LogP contribution in [0.25, 0.3) is 32.7 Å². The van der Waals surface area contributed by atoms with Crippen LogP contribution in [0.5, 0.6) is 11.5 Å². The molecule has 5 aromatic rings. The largest absolute Gasteiger partial charge is 0.493 e. The summed E-state index contributed by atoms with van der Waals surface area (Å²) in [5.41, 5.74) is 1.56. The Morgan fingerprint density at radius 1 is 0.640 bits per heavy atom. The molecule has 3 atom stereocenters. The number of hydrogen-bond acceptors (Lipinski definition) is 10. The van der Waals surface area contributed by atoms with Crippen LogP contribution in [0.2, 0.25) is 5.02 Å². The van der Waals surface area contributed by atoms with Gasteiger partial charge in [0.1, 0.15) is 41.8 Å². The number of ether oxygens (including phenoxy) is 4. The number of hydrogen-bond donors (Lipinski definition) is 7. The SMILES string of the molecule is CNC(=N)NCCC[C@@H](NC(=O)[C@@H](CCCCNC(=O)OC(C)(C)C)NC(=O)COc1ccc2ccccc2c1-c1c(OCCC(C)C)ccc2ccccc12)C(=O)N[C@@H](CC(C)C)C(=O)OCc1cccc(Cl)c1. The number of carbonyl (C=O) groups is 5. The minimum Gasteiger partial charge on any atom is -0.493 e. The van der Waals surface area contributed by atoms with Gasteiger partial charge >= 0.3 is 12.1 Å². The van der Waals surface area contributed by atoms with Crippen LogP contribution < -0.4 is 41.4 Å². The van der Waals surface area contributed by atoms with E-state index in [2.05, 4.69) is 45.7 Å². The lowest BCUT2D eigenvalue weighted by atomic mass is 9.92. The first-order valence-corrected chi connectivity index (χ1v) is 26.3. The van der Waals surface area contributed by atoms with E-state index in [0.717, 1.165) is 39.1 Å². The summed E-state index contributed by atoms with van der Waals surface area (Å²) < 4.78 is 24.0. The Hall–Kier alpha value is -7.07. The Labute approximate surface area is 446 Å². The third-order valence-electron chi connectivity index (χ3n) is 12.0. The van der Waals surface area contributed by atoms with Crippen molar-refractivity contribution in [2.45, 2.75) is 124 Å². The fourth-order valence-electron chi connectivity index (χ4n) is 8.28. The van der Waals surface area contributed by atoms with E-state index in [0.29, 0.717) is 60.4 Å². The molecule has 0 aliphatic heterocycles. The van der Waals surface area contributed by atoms with Crippen LogP contribution in [-0.4, -0.2) is 92.8 Å². The number of halogens is 1. The van der Waals surface area contributed by atoms with E-state index in [1.54, 1.807) is 52.1 Å². The Morgan fingerprint density at radius 2 is 1.23 bits per heavy atom. The van der Waals surface area contributed by atoms with Crippen molar-refractivity contribution in [3.63, 3.8) is 0 Å². The van der Waals surface area contributed by atoms with Crippen LogP contribution >= 0.6 is 11.6 Å². The van der Waals surface area contributed by atoms with Gasteiger partial charge in [0, 0.05) is 36.3 Å². The minimum absolute atomic E-state index is 0.0201. The van der Waals surface area contributed by atoms with Crippen molar-refractivity contribution in [3.8, 4) is 22.6 Å². The molecule has 0 heterocycles. The number of guanidine groups is 1. The lowest BCUT2D eigenvalue weighted by Gasteiger charge is -2.26. The summed E-state index contributed by atoms with van der Waals surface area (Å²) in [6.07, 6.45) is 1.92. The molecule has 0 radical (unpaired) electrons. The average molecular weight is 1050 g/mol. The predicted octanol–water partition coefficient (Wildman–Crippen LogP) is 9.58. The Morgan fingerprint density at radius 3 is 1.83 bits per heavy atom. The normalized spacial score (nSPS) is 12.6. The smallest absolute Gasteiger partial charge is 0.407 e. The number of nitrogens with one attached hydrogen (secondary N) is 7. The lowest BCUT2D eigenvalue weighted by molar-refractivity contribution is -0.150. The van der Waals surface area contributed by atoms with E-state index in [4.69, 9.17) is 36.0 Å². The highest BCUT2D eigenvalue weighted by atomic mass is 35.5. The van der Waals surface area contributed by atoms with Crippen LogP contribution in [0, 0.1) is 17.2 Å². The second kappa shape index (κ2) is 29.1.